The first-order valence-corrected chi connectivity index (χ1v) is 26.6. The lowest BCUT2D eigenvalue weighted by molar-refractivity contribution is -0.154. The number of fused-ring (bicyclic) bond motifs is 8. The second-order valence-corrected chi connectivity index (χ2v) is 22.1. The van der Waals surface area contributed by atoms with Crippen molar-refractivity contribution in [1.29, 1.82) is 0 Å². The molecule has 4 aromatic heterocycles. The third kappa shape index (κ3) is 12.8. The van der Waals surface area contributed by atoms with Gasteiger partial charge >= 0.3 is 11.9 Å². The zero-order valence-electron chi connectivity index (χ0n) is 42.5. The quantitative estimate of drug-likeness (QED) is 0.0701. The fraction of sp³-hybridized carbons (Fsp3) is 0.385. The van der Waals surface area contributed by atoms with Crippen LogP contribution in [0, 0.1) is 0 Å². The number of aromatic nitrogens is 4. The summed E-state index contributed by atoms with van der Waals surface area (Å²) in [5.74, 6) is -3.54. The molecule has 2 atom stereocenters. The number of nitrogens with one attached hydrogen (secondary N) is 8. The minimum atomic E-state index is -1.13. The van der Waals surface area contributed by atoms with Crippen molar-refractivity contribution in [2.24, 2.45) is 0 Å². The first-order valence-electron chi connectivity index (χ1n) is 25.0. The first-order chi connectivity index (χ1) is 37.2. The van der Waals surface area contributed by atoms with Crippen LogP contribution in [0.15, 0.2) is 46.0 Å². The molecule has 0 saturated carbocycles. The second-order valence-electron chi connectivity index (χ2n) is 19.9. The lowest BCUT2D eigenvalue weighted by Crippen LogP contribution is -2.35. The Morgan fingerprint density at radius 1 is 0.667 bits per heavy atom. The van der Waals surface area contributed by atoms with E-state index in [-0.39, 0.29) is 86.9 Å². The highest BCUT2D eigenvalue weighted by Crippen LogP contribution is 2.43. The van der Waals surface area contributed by atoms with Gasteiger partial charge in [0.15, 0.2) is 13.2 Å². The third-order valence-electron chi connectivity index (χ3n) is 12.9. The third-order valence-corrected chi connectivity index (χ3v) is 15.2. The molecule has 6 amide bonds. The number of aliphatic carboxylic acids is 1. The standard InChI is InChI=1S/C28H31N5O7S.C24H23N5O7S/c1-28(2,3)40-21(36)12-29-19(34)10-15-5-4-6-18-22(15)23-25(37)32-24(33-27(23)41-18)26(38)30-11-14-7-8-17-16(9-14)31-20(35)13-39-17;30-16(25-9-18(32)33)7-12-2-1-3-15-19(12)20-22(34)28-21(29-24(20)37-15)23(35)26-8-11-4-5-14-13(6-11)27-17(31)10-36-14/h7-9,15H,4-6,10-13H2,1-3H3,(H,29,34)(H,30,38)(H,31,35)(H,32,33,37);4-6,12H,1-3,7-10H2,(H,25,30)(H,26,35)(H,27,31)(H,32,33)(H,28,29,34). The number of amides is 6. The van der Waals surface area contributed by atoms with Gasteiger partial charge in [0, 0.05) is 35.7 Å². The van der Waals surface area contributed by atoms with E-state index in [1.165, 1.54) is 22.7 Å². The average molecular weight is 1110 g/mol. The summed E-state index contributed by atoms with van der Waals surface area (Å²) in [6, 6.07) is 10.4. The number of aryl methyl sites for hydroxylation is 2. The van der Waals surface area contributed by atoms with Crippen LogP contribution in [-0.2, 0) is 59.4 Å². The number of carbonyl (C=O) groups excluding carboxylic acids is 7. The highest BCUT2D eigenvalue weighted by Gasteiger charge is 2.32. The van der Waals surface area contributed by atoms with Crippen LogP contribution < -0.4 is 52.5 Å². The van der Waals surface area contributed by atoms with E-state index in [1.807, 2.05) is 0 Å². The molecule has 2 aromatic carbocycles. The van der Waals surface area contributed by atoms with Gasteiger partial charge in [-0.15, -0.1) is 22.7 Å². The Morgan fingerprint density at radius 3 is 1.55 bits per heavy atom. The Kier molecular flexibility index (Phi) is 16.0. The molecule has 0 fully saturated rings. The Morgan fingerprint density at radius 2 is 1.12 bits per heavy atom. The van der Waals surface area contributed by atoms with Gasteiger partial charge in [-0.25, -0.2) is 9.97 Å². The van der Waals surface area contributed by atoms with Gasteiger partial charge < -0.3 is 61.2 Å². The first kappa shape index (κ1) is 54.3. The number of esters is 1. The van der Waals surface area contributed by atoms with Gasteiger partial charge in [0.1, 0.15) is 39.9 Å². The van der Waals surface area contributed by atoms with Crippen LogP contribution in [0.2, 0.25) is 0 Å². The largest absolute Gasteiger partial charge is 0.482 e. The highest BCUT2D eigenvalue weighted by molar-refractivity contribution is 7.19. The van der Waals surface area contributed by atoms with Crippen LogP contribution in [-0.4, -0.2) is 104 Å². The molecule has 4 aliphatic rings. The predicted molar refractivity (Wildman–Crippen MR) is 284 cm³/mol. The lowest BCUT2D eigenvalue weighted by Gasteiger charge is -2.23. The van der Waals surface area contributed by atoms with Crippen LogP contribution in [0.1, 0.15) is 124 Å². The normalized spacial score (nSPS) is 16.2. The maximum absolute atomic E-state index is 13.2. The zero-order valence-corrected chi connectivity index (χ0v) is 44.1. The SMILES string of the molecule is CC(C)(C)OC(=O)CNC(=O)CC1CCCc2sc3nc(C(=O)NCc4ccc5c(c4)NC(=O)CO5)[nH]c(=O)c3c21.O=C(O)CNC(=O)CC1CCCc2sc3nc(C(=O)NCc4ccc5c(c4)NC(=O)CO5)[nH]c(=O)c3c21. The van der Waals surface area contributed by atoms with Gasteiger partial charge in [-0.2, -0.15) is 0 Å². The molecule has 2 unspecified atom stereocenters. The van der Waals surface area contributed by atoms with Gasteiger partial charge in [0.05, 0.1) is 22.1 Å². The highest BCUT2D eigenvalue weighted by atomic mass is 32.1. The number of carboxylic acid groups (broad SMARTS) is 1. The van der Waals surface area contributed by atoms with Gasteiger partial charge in [0.25, 0.3) is 34.7 Å². The van der Waals surface area contributed by atoms with Crippen LogP contribution in [0.5, 0.6) is 11.5 Å². The summed E-state index contributed by atoms with van der Waals surface area (Å²) in [6.45, 7) is 4.77. The summed E-state index contributed by atoms with van der Waals surface area (Å²) >= 11 is 2.69. The van der Waals surface area contributed by atoms with E-state index >= 15 is 0 Å². The van der Waals surface area contributed by atoms with E-state index in [4.69, 9.17) is 19.3 Å². The molecule has 0 spiro atoms. The Labute approximate surface area is 450 Å². The second kappa shape index (κ2) is 23.0. The van der Waals surface area contributed by atoms with Crippen LogP contribution in [0.3, 0.4) is 0 Å². The number of hydrogen-bond acceptors (Lipinski definition) is 17. The van der Waals surface area contributed by atoms with E-state index in [1.54, 1.807) is 57.2 Å². The van der Waals surface area contributed by atoms with Crippen molar-refractivity contribution in [2.45, 2.75) is 103 Å². The van der Waals surface area contributed by atoms with Crippen molar-refractivity contribution < 1.29 is 57.7 Å². The Bertz CT molecular complexity index is 3560. The molecule has 0 radical (unpaired) electrons. The van der Waals surface area contributed by atoms with Gasteiger partial charge in [-0.3, -0.25) is 47.9 Å². The van der Waals surface area contributed by atoms with E-state index in [0.29, 0.717) is 56.1 Å². The summed E-state index contributed by atoms with van der Waals surface area (Å²) in [4.78, 5) is 139. The number of rotatable bonds is 14. The molecule has 6 heterocycles. The molecule has 6 aromatic rings. The molecule has 408 valence electrons. The van der Waals surface area contributed by atoms with Crippen molar-refractivity contribution in [3.63, 3.8) is 0 Å². The van der Waals surface area contributed by atoms with Crippen molar-refractivity contribution >= 4 is 102 Å². The molecule has 2 aliphatic heterocycles. The van der Waals surface area contributed by atoms with E-state index in [2.05, 4.69) is 51.8 Å². The molecule has 2 aliphatic carbocycles. The van der Waals surface area contributed by atoms with Crippen molar-refractivity contribution in [2.75, 3.05) is 36.9 Å². The Hall–Kier alpha value is -8.52. The molecule has 78 heavy (non-hydrogen) atoms. The van der Waals surface area contributed by atoms with E-state index < -0.39 is 52.9 Å². The Balaban J connectivity index is 0.000000191. The molecular formula is C52H54N10O14S2. The minimum Gasteiger partial charge on any atom is -0.482 e. The fourth-order valence-electron chi connectivity index (χ4n) is 9.64. The van der Waals surface area contributed by atoms with Gasteiger partial charge in [-0.05, 0) is 118 Å². The smallest absolute Gasteiger partial charge is 0.325 e. The van der Waals surface area contributed by atoms with Gasteiger partial charge in [0.2, 0.25) is 23.5 Å². The number of benzene rings is 2. The summed E-state index contributed by atoms with van der Waals surface area (Å²) in [5.41, 5.74) is 2.51. The number of aromatic amines is 2. The number of nitrogens with zero attached hydrogens (tertiary/aromatic N) is 2. The number of thiophene rings is 2. The minimum absolute atomic E-state index is 0.0429. The van der Waals surface area contributed by atoms with Gasteiger partial charge in [-0.1, -0.05) is 12.1 Å². The summed E-state index contributed by atoms with van der Waals surface area (Å²) in [7, 11) is 0. The monoisotopic (exact) mass is 1110 g/mol. The van der Waals surface area contributed by atoms with E-state index in [9.17, 15) is 47.9 Å². The van der Waals surface area contributed by atoms with Crippen molar-refractivity contribution in [3.05, 3.63) is 101 Å². The zero-order chi connectivity index (χ0) is 55.4. The molecular weight excluding hydrogens is 1050 g/mol. The number of ether oxygens (including phenoxy) is 3. The molecule has 0 bridgehead atoms. The van der Waals surface area contributed by atoms with E-state index in [0.717, 1.165) is 57.7 Å². The van der Waals surface area contributed by atoms with Crippen LogP contribution >= 0.6 is 22.7 Å². The molecule has 9 N–H and O–H groups in total. The van der Waals surface area contributed by atoms with Crippen molar-refractivity contribution in [3.8, 4) is 11.5 Å². The molecule has 10 rings (SSSR count). The maximum Gasteiger partial charge on any atom is 0.325 e. The topological polar surface area (TPSA) is 348 Å². The molecule has 26 heteroatoms. The number of anilines is 2. The summed E-state index contributed by atoms with van der Waals surface area (Å²) in [6.07, 6.45) is 4.76. The fourth-order valence-corrected chi connectivity index (χ4v) is 12.2. The number of hydrogen-bond donors (Lipinski definition) is 9. The molecule has 0 saturated heterocycles. The summed E-state index contributed by atoms with van der Waals surface area (Å²) < 4.78 is 15.9. The molecule has 24 nitrogen and oxygen atoms in total. The average Bonchev–Trinajstić information content (AvgIpc) is 4.08. The van der Waals surface area contributed by atoms with Crippen LogP contribution in [0.4, 0.5) is 11.4 Å². The van der Waals surface area contributed by atoms with Crippen molar-refractivity contribution in [1.82, 2.24) is 41.2 Å². The maximum atomic E-state index is 13.2. The predicted octanol–water partition coefficient (Wildman–Crippen LogP) is 3.77. The van der Waals surface area contributed by atoms with Crippen LogP contribution in [0.25, 0.3) is 20.4 Å². The summed E-state index contributed by atoms with van der Waals surface area (Å²) in [5, 5.41) is 25.4. The number of carboxylic acids is 1. The number of H-pyrrole nitrogens is 2. The lowest BCUT2D eigenvalue weighted by atomic mass is 9.84. The number of carbonyl (C=O) groups is 8.